The van der Waals surface area contributed by atoms with Crippen LogP contribution in [0.25, 0.3) is 0 Å². The molecule has 0 saturated heterocycles. The zero-order valence-corrected chi connectivity index (χ0v) is 17.1. The maximum atomic E-state index is 12.9. The summed E-state index contributed by atoms with van der Waals surface area (Å²) in [5.74, 6) is 1.17. The number of thioether (sulfide) groups is 1. The molecule has 2 atom stereocenters. The summed E-state index contributed by atoms with van der Waals surface area (Å²) < 4.78 is 0. The average molecular weight is 403 g/mol. The van der Waals surface area contributed by atoms with E-state index in [0.29, 0.717) is 18.6 Å². The van der Waals surface area contributed by atoms with Gasteiger partial charge in [-0.15, -0.1) is 11.8 Å². The lowest BCUT2D eigenvalue weighted by Gasteiger charge is -2.22. The monoisotopic (exact) mass is 402 g/mol. The third kappa shape index (κ3) is 7.31. The van der Waals surface area contributed by atoms with Crippen LogP contribution in [-0.4, -0.2) is 41.7 Å². The lowest BCUT2D eigenvalue weighted by molar-refractivity contribution is -0.128. The second-order valence-electron chi connectivity index (χ2n) is 6.14. The van der Waals surface area contributed by atoms with E-state index in [4.69, 9.17) is 0 Å². The van der Waals surface area contributed by atoms with E-state index >= 15 is 0 Å². The van der Waals surface area contributed by atoms with E-state index < -0.39 is 6.04 Å². The van der Waals surface area contributed by atoms with Crippen LogP contribution in [0.4, 0.5) is 0 Å². The van der Waals surface area contributed by atoms with Gasteiger partial charge in [0.25, 0.3) is 0 Å². The van der Waals surface area contributed by atoms with Gasteiger partial charge >= 0.3 is 0 Å². The fraction of sp³-hybridized carbons (Fsp3) is 0.333. The molecule has 27 heavy (non-hydrogen) atoms. The SMILES string of the molecule is CNC(=O)[C@H](Cc1ccccc1)NC(=O)[C@@H](Cc1ccccc1)SCCS. The van der Waals surface area contributed by atoms with Gasteiger partial charge in [0.1, 0.15) is 6.04 Å². The maximum Gasteiger partial charge on any atom is 0.242 e. The fourth-order valence-corrected chi connectivity index (χ4v) is 3.98. The Balaban J connectivity index is 2.09. The molecule has 0 bridgehead atoms. The minimum Gasteiger partial charge on any atom is -0.357 e. The van der Waals surface area contributed by atoms with E-state index in [1.165, 1.54) is 0 Å². The molecule has 0 fully saturated rings. The molecule has 0 aliphatic carbocycles. The molecule has 2 aromatic carbocycles. The predicted molar refractivity (Wildman–Crippen MR) is 116 cm³/mol. The molecule has 2 aromatic rings. The first-order valence-corrected chi connectivity index (χ1v) is 10.6. The Morgan fingerprint density at radius 2 is 1.48 bits per heavy atom. The van der Waals surface area contributed by atoms with E-state index in [2.05, 4.69) is 23.3 Å². The Morgan fingerprint density at radius 3 is 2.00 bits per heavy atom. The van der Waals surface area contributed by atoms with Crippen LogP contribution in [0.2, 0.25) is 0 Å². The largest absolute Gasteiger partial charge is 0.357 e. The molecule has 0 radical (unpaired) electrons. The van der Waals surface area contributed by atoms with Crippen molar-refractivity contribution in [3.05, 3.63) is 71.8 Å². The number of hydrogen-bond acceptors (Lipinski definition) is 4. The molecule has 0 heterocycles. The number of hydrogen-bond donors (Lipinski definition) is 3. The van der Waals surface area contributed by atoms with Crippen LogP contribution in [0, 0.1) is 0 Å². The zero-order chi connectivity index (χ0) is 19.5. The molecule has 0 aliphatic heterocycles. The van der Waals surface area contributed by atoms with Gasteiger partial charge in [-0.1, -0.05) is 60.7 Å². The Kier molecular flexibility index (Phi) is 9.28. The summed E-state index contributed by atoms with van der Waals surface area (Å²) in [6.45, 7) is 0. The Labute approximate surface area is 170 Å². The Morgan fingerprint density at radius 1 is 0.926 bits per heavy atom. The summed E-state index contributed by atoms with van der Waals surface area (Å²) in [7, 11) is 1.59. The van der Waals surface area contributed by atoms with Crippen LogP contribution in [0.1, 0.15) is 11.1 Å². The van der Waals surface area contributed by atoms with E-state index in [0.717, 1.165) is 16.9 Å². The number of rotatable bonds is 10. The van der Waals surface area contributed by atoms with Gasteiger partial charge in [-0.05, 0) is 23.3 Å². The lowest BCUT2D eigenvalue weighted by Crippen LogP contribution is -2.50. The number of amides is 2. The predicted octanol–water partition coefficient (Wildman–Crippen LogP) is 2.73. The van der Waals surface area contributed by atoms with Crippen LogP contribution < -0.4 is 10.6 Å². The highest BCUT2D eigenvalue weighted by Crippen LogP contribution is 2.18. The van der Waals surface area contributed by atoms with Crippen molar-refractivity contribution in [2.24, 2.45) is 0 Å². The van der Waals surface area contributed by atoms with Crippen molar-refractivity contribution < 1.29 is 9.59 Å². The van der Waals surface area contributed by atoms with Crippen molar-refractivity contribution in [2.45, 2.75) is 24.1 Å². The first-order chi connectivity index (χ1) is 13.1. The molecule has 0 spiro atoms. The molecule has 4 nitrogen and oxygen atoms in total. The van der Waals surface area contributed by atoms with Gasteiger partial charge in [-0.2, -0.15) is 12.6 Å². The fourth-order valence-electron chi connectivity index (χ4n) is 2.75. The second kappa shape index (κ2) is 11.7. The van der Waals surface area contributed by atoms with Crippen molar-refractivity contribution in [1.29, 1.82) is 0 Å². The molecule has 144 valence electrons. The summed E-state index contributed by atoms with van der Waals surface area (Å²) in [4.78, 5) is 25.2. The van der Waals surface area contributed by atoms with E-state index in [1.54, 1.807) is 18.8 Å². The minimum absolute atomic E-state index is 0.116. The van der Waals surface area contributed by atoms with Gasteiger partial charge in [0, 0.05) is 19.2 Å². The molecule has 2 rings (SSSR count). The van der Waals surface area contributed by atoms with Crippen molar-refractivity contribution >= 4 is 36.2 Å². The average Bonchev–Trinajstić information content (AvgIpc) is 2.71. The molecule has 0 unspecified atom stereocenters. The molecular formula is C21H26N2O2S2. The molecule has 2 amide bonds. The highest BCUT2D eigenvalue weighted by atomic mass is 32.2. The highest BCUT2D eigenvalue weighted by Gasteiger charge is 2.25. The Hall–Kier alpha value is -1.92. The summed E-state index contributed by atoms with van der Waals surface area (Å²) in [5.41, 5.74) is 2.11. The number of carbonyl (C=O) groups excluding carboxylic acids is 2. The highest BCUT2D eigenvalue weighted by molar-refractivity contribution is 8.01. The molecular weight excluding hydrogens is 376 g/mol. The van der Waals surface area contributed by atoms with Crippen molar-refractivity contribution in [3.8, 4) is 0 Å². The zero-order valence-electron chi connectivity index (χ0n) is 15.4. The molecule has 0 aromatic heterocycles. The lowest BCUT2D eigenvalue weighted by atomic mass is 10.0. The van der Waals surface area contributed by atoms with Gasteiger partial charge in [0.15, 0.2) is 0 Å². The van der Waals surface area contributed by atoms with Gasteiger partial charge in [0.05, 0.1) is 5.25 Å². The number of thiol groups is 1. The molecule has 0 saturated carbocycles. The van der Waals surface area contributed by atoms with Crippen LogP contribution in [0.3, 0.4) is 0 Å². The standard InChI is InChI=1S/C21H26N2O2S2/c1-22-20(24)18(14-16-8-4-2-5-9-16)23-21(25)19(27-13-12-26)15-17-10-6-3-7-11-17/h2-11,18-19,26H,12-15H2,1H3,(H,22,24)(H,23,25)/t18-,19+/m0/s1. The van der Waals surface area contributed by atoms with Crippen LogP contribution in [0.5, 0.6) is 0 Å². The van der Waals surface area contributed by atoms with Gasteiger partial charge in [0.2, 0.25) is 11.8 Å². The van der Waals surface area contributed by atoms with E-state index in [1.807, 2.05) is 60.7 Å². The number of nitrogens with one attached hydrogen (secondary N) is 2. The van der Waals surface area contributed by atoms with Gasteiger partial charge < -0.3 is 10.6 Å². The maximum absolute atomic E-state index is 12.9. The van der Waals surface area contributed by atoms with E-state index in [-0.39, 0.29) is 17.1 Å². The topological polar surface area (TPSA) is 58.2 Å². The summed E-state index contributed by atoms with van der Waals surface area (Å²) in [6.07, 6.45) is 1.08. The quantitative estimate of drug-likeness (QED) is 0.536. The molecule has 2 N–H and O–H groups in total. The summed E-state index contributed by atoms with van der Waals surface area (Å²) >= 11 is 5.83. The van der Waals surface area contributed by atoms with Crippen LogP contribution >= 0.6 is 24.4 Å². The normalized spacial score (nSPS) is 12.8. The third-order valence-electron chi connectivity index (χ3n) is 4.13. The smallest absolute Gasteiger partial charge is 0.242 e. The van der Waals surface area contributed by atoms with Crippen molar-refractivity contribution in [1.82, 2.24) is 10.6 Å². The molecule has 6 heteroatoms. The first-order valence-electron chi connectivity index (χ1n) is 8.96. The summed E-state index contributed by atoms with van der Waals surface area (Å²) in [5, 5.41) is 5.34. The number of carbonyl (C=O) groups is 2. The van der Waals surface area contributed by atoms with Crippen molar-refractivity contribution in [3.63, 3.8) is 0 Å². The van der Waals surface area contributed by atoms with Gasteiger partial charge in [-0.25, -0.2) is 0 Å². The Bertz CT molecular complexity index is 711. The van der Waals surface area contributed by atoms with Crippen LogP contribution in [0.15, 0.2) is 60.7 Å². The number of benzene rings is 2. The first kappa shape index (κ1) is 21.4. The van der Waals surface area contributed by atoms with Crippen LogP contribution in [-0.2, 0) is 22.4 Å². The van der Waals surface area contributed by atoms with E-state index in [9.17, 15) is 9.59 Å². The van der Waals surface area contributed by atoms with Gasteiger partial charge in [-0.3, -0.25) is 9.59 Å². The summed E-state index contributed by atoms with van der Waals surface area (Å²) in [6, 6.07) is 19.0. The molecule has 0 aliphatic rings. The third-order valence-corrected chi connectivity index (χ3v) is 5.88. The number of likely N-dealkylation sites (N-methyl/N-ethyl adjacent to an activating group) is 1. The van der Waals surface area contributed by atoms with Crippen molar-refractivity contribution in [2.75, 3.05) is 18.6 Å². The minimum atomic E-state index is -0.597. The second-order valence-corrected chi connectivity index (χ2v) is 7.90.